The van der Waals surface area contributed by atoms with E-state index in [1.165, 1.54) is 11.1 Å². The number of hydrogen-bond donors (Lipinski definition) is 3. The lowest BCUT2D eigenvalue weighted by Crippen LogP contribution is -2.76. The molecule has 3 fully saturated rings. The number of rotatable bonds is 3. The van der Waals surface area contributed by atoms with Gasteiger partial charge in [-0.25, -0.2) is 4.79 Å². The average Bonchev–Trinajstić information content (AvgIpc) is 3.09. The molecule has 1 spiro atoms. The highest BCUT2D eigenvalue weighted by Crippen LogP contribution is 2.60. The molecule has 2 heterocycles. The maximum atomic E-state index is 12.9. The average molecular weight is 448 g/mol. The largest absolute Gasteiger partial charge is 0.497 e. The van der Waals surface area contributed by atoms with Crippen molar-refractivity contribution in [1.82, 2.24) is 15.5 Å². The van der Waals surface area contributed by atoms with Crippen LogP contribution in [0.1, 0.15) is 42.4 Å². The summed E-state index contributed by atoms with van der Waals surface area (Å²) in [5.41, 5.74) is 0.854. The van der Waals surface area contributed by atoms with Crippen molar-refractivity contribution in [2.24, 2.45) is 0 Å². The number of carbonyl (C=O) groups excluding carboxylic acids is 2. The number of nitrogens with one attached hydrogen (secondary N) is 2. The minimum absolute atomic E-state index is 0.0649. The van der Waals surface area contributed by atoms with E-state index in [4.69, 9.17) is 4.74 Å². The summed E-state index contributed by atoms with van der Waals surface area (Å²) in [6.45, 7) is 1.59. The van der Waals surface area contributed by atoms with Crippen LogP contribution in [0.25, 0.3) is 0 Å². The second kappa shape index (κ2) is 7.05. The Morgan fingerprint density at radius 3 is 2.67 bits per heavy atom. The van der Waals surface area contributed by atoms with Crippen molar-refractivity contribution in [2.75, 3.05) is 13.7 Å². The van der Waals surface area contributed by atoms with Crippen LogP contribution in [0.3, 0.4) is 0 Å². The van der Waals surface area contributed by atoms with Gasteiger partial charge in [0.2, 0.25) is 0 Å². The number of methoxy groups -OCH3 is 1. The number of nitrogens with zero attached hydrogens (tertiary/aromatic N) is 1. The molecule has 172 valence electrons. The van der Waals surface area contributed by atoms with Crippen molar-refractivity contribution >= 4 is 11.9 Å². The minimum atomic E-state index is -1.00. The standard InChI is InChI=1S/C26H29N3O4/c1-33-19-8-7-18-13-21-26(32)10-9-25(22(30)27-23(31)28-25)16-24(26,20(18)14-19)11-12-29(21)15-17-5-3-2-4-6-17/h2-8,14,21,32H,9-13,15-16H2,1H3,(H2,27,28,30,31)/t21-,24-,25+,26-/m1/s1. The third kappa shape index (κ3) is 2.82. The summed E-state index contributed by atoms with van der Waals surface area (Å²) in [6, 6.07) is 16.0. The fraction of sp³-hybridized carbons (Fsp3) is 0.462. The van der Waals surface area contributed by atoms with E-state index in [2.05, 4.69) is 33.7 Å². The number of fused-ring (bicyclic) bond motifs is 1. The number of hydrogen-bond acceptors (Lipinski definition) is 5. The number of carbonyl (C=O) groups is 2. The van der Waals surface area contributed by atoms with Crippen LogP contribution < -0.4 is 15.4 Å². The molecular weight excluding hydrogens is 418 g/mol. The highest BCUT2D eigenvalue weighted by Gasteiger charge is 2.69. The Bertz CT molecular complexity index is 1140. The van der Waals surface area contributed by atoms with Crippen LogP contribution in [0.2, 0.25) is 0 Å². The number of likely N-dealkylation sites (tertiary alicyclic amines) is 1. The van der Waals surface area contributed by atoms with Crippen molar-refractivity contribution in [2.45, 2.75) is 61.2 Å². The molecule has 0 unspecified atom stereocenters. The molecule has 6 rings (SSSR count). The lowest BCUT2D eigenvalue weighted by atomic mass is 9.46. The SMILES string of the molecule is COc1ccc2c(c1)[C@]13CCN(Cc4ccccc4)[C@H](C2)[C@]1(O)CC[C@@]1(C3)NC(=O)NC1=O. The van der Waals surface area contributed by atoms with E-state index in [1.54, 1.807) is 7.11 Å². The third-order valence-corrected chi connectivity index (χ3v) is 8.67. The van der Waals surface area contributed by atoms with Crippen molar-refractivity contribution in [3.8, 4) is 5.75 Å². The Labute approximate surface area is 193 Å². The van der Waals surface area contributed by atoms with Gasteiger partial charge in [-0.15, -0.1) is 0 Å². The molecule has 2 aliphatic heterocycles. The molecule has 33 heavy (non-hydrogen) atoms. The molecule has 4 aliphatic rings. The van der Waals surface area contributed by atoms with Gasteiger partial charge in [-0.05, 0) is 67.5 Å². The Morgan fingerprint density at radius 1 is 1.12 bits per heavy atom. The molecule has 1 saturated carbocycles. The zero-order valence-corrected chi connectivity index (χ0v) is 18.8. The molecular formula is C26H29N3O4. The van der Waals surface area contributed by atoms with Gasteiger partial charge in [0.1, 0.15) is 11.3 Å². The first-order chi connectivity index (χ1) is 15.9. The molecule has 2 saturated heterocycles. The van der Waals surface area contributed by atoms with Crippen LogP contribution in [-0.4, -0.2) is 52.8 Å². The summed E-state index contributed by atoms with van der Waals surface area (Å²) in [5.74, 6) is 0.470. The highest BCUT2D eigenvalue weighted by atomic mass is 16.5. The molecule has 3 N–H and O–H groups in total. The summed E-state index contributed by atoms with van der Waals surface area (Å²) in [4.78, 5) is 27.4. The number of amides is 3. The lowest BCUT2D eigenvalue weighted by Gasteiger charge is -2.65. The quantitative estimate of drug-likeness (QED) is 0.628. The van der Waals surface area contributed by atoms with Crippen LogP contribution >= 0.6 is 0 Å². The van der Waals surface area contributed by atoms with Gasteiger partial charge in [0.05, 0.1) is 12.7 Å². The Balaban J connectivity index is 1.47. The van der Waals surface area contributed by atoms with Crippen LogP contribution in [0, 0.1) is 0 Å². The normalized spacial score (nSPS) is 34.9. The highest BCUT2D eigenvalue weighted by molar-refractivity contribution is 6.07. The summed E-state index contributed by atoms with van der Waals surface area (Å²) in [6.07, 6.45) is 2.73. The maximum absolute atomic E-state index is 12.9. The second-order valence-electron chi connectivity index (χ2n) is 10.1. The number of ether oxygens (including phenoxy) is 1. The predicted molar refractivity (Wildman–Crippen MR) is 122 cm³/mol. The molecule has 3 amide bonds. The number of imide groups is 1. The molecule has 2 aliphatic carbocycles. The molecule has 7 heteroatoms. The lowest BCUT2D eigenvalue weighted by molar-refractivity contribution is -0.181. The summed E-state index contributed by atoms with van der Waals surface area (Å²) in [5, 5.41) is 17.8. The van der Waals surface area contributed by atoms with E-state index in [-0.39, 0.29) is 11.9 Å². The first-order valence-corrected chi connectivity index (χ1v) is 11.7. The van der Waals surface area contributed by atoms with Gasteiger partial charge in [0, 0.05) is 18.0 Å². The van der Waals surface area contributed by atoms with Gasteiger partial charge in [0.15, 0.2) is 0 Å². The van der Waals surface area contributed by atoms with Gasteiger partial charge in [-0.1, -0.05) is 36.4 Å². The number of aliphatic hydroxyl groups is 1. The van der Waals surface area contributed by atoms with E-state index >= 15 is 0 Å². The maximum Gasteiger partial charge on any atom is 0.322 e. The first-order valence-electron chi connectivity index (χ1n) is 11.7. The van der Waals surface area contributed by atoms with Crippen molar-refractivity contribution in [3.63, 3.8) is 0 Å². The second-order valence-corrected chi connectivity index (χ2v) is 10.1. The number of benzene rings is 2. The monoisotopic (exact) mass is 447 g/mol. The molecule has 2 bridgehead atoms. The zero-order valence-electron chi connectivity index (χ0n) is 18.8. The molecule has 7 nitrogen and oxygen atoms in total. The Kier molecular flexibility index (Phi) is 4.42. The van der Waals surface area contributed by atoms with Gasteiger partial charge >= 0.3 is 6.03 Å². The van der Waals surface area contributed by atoms with Gasteiger partial charge in [-0.2, -0.15) is 0 Å². The molecule has 2 aromatic rings. The Hall–Kier alpha value is -2.90. The van der Waals surface area contributed by atoms with Gasteiger partial charge in [0.25, 0.3) is 5.91 Å². The van der Waals surface area contributed by atoms with Crippen molar-refractivity contribution in [1.29, 1.82) is 0 Å². The van der Waals surface area contributed by atoms with Gasteiger partial charge in [-0.3, -0.25) is 15.0 Å². The number of urea groups is 1. The smallest absolute Gasteiger partial charge is 0.322 e. The minimum Gasteiger partial charge on any atom is -0.497 e. The van der Waals surface area contributed by atoms with E-state index in [9.17, 15) is 14.7 Å². The van der Waals surface area contributed by atoms with Crippen LogP contribution in [-0.2, 0) is 23.2 Å². The van der Waals surface area contributed by atoms with Crippen LogP contribution in [0.15, 0.2) is 48.5 Å². The van der Waals surface area contributed by atoms with E-state index in [0.29, 0.717) is 25.7 Å². The molecule has 2 aromatic carbocycles. The fourth-order valence-corrected chi connectivity index (χ4v) is 7.09. The fourth-order valence-electron chi connectivity index (χ4n) is 7.09. The van der Waals surface area contributed by atoms with E-state index < -0.39 is 22.6 Å². The molecule has 0 radical (unpaired) electrons. The zero-order chi connectivity index (χ0) is 22.8. The number of piperidine rings is 1. The third-order valence-electron chi connectivity index (χ3n) is 8.67. The topological polar surface area (TPSA) is 90.9 Å². The predicted octanol–water partition coefficient (Wildman–Crippen LogP) is 2.26. The summed E-state index contributed by atoms with van der Waals surface area (Å²) in [7, 11) is 1.65. The van der Waals surface area contributed by atoms with E-state index in [0.717, 1.165) is 30.8 Å². The molecule has 4 atom stereocenters. The van der Waals surface area contributed by atoms with Crippen molar-refractivity contribution in [3.05, 3.63) is 65.2 Å². The Morgan fingerprint density at radius 2 is 1.94 bits per heavy atom. The van der Waals surface area contributed by atoms with Crippen molar-refractivity contribution < 1.29 is 19.4 Å². The van der Waals surface area contributed by atoms with Gasteiger partial charge < -0.3 is 15.2 Å². The first kappa shape index (κ1) is 20.7. The van der Waals surface area contributed by atoms with Crippen LogP contribution in [0.4, 0.5) is 4.79 Å². The summed E-state index contributed by atoms with van der Waals surface area (Å²) < 4.78 is 5.54. The van der Waals surface area contributed by atoms with E-state index in [1.807, 2.05) is 30.3 Å². The summed E-state index contributed by atoms with van der Waals surface area (Å²) >= 11 is 0. The molecule has 0 aromatic heterocycles. The van der Waals surface area contributed by atoms with Crippen LogP contribution in [0.5, 0.6) is 5.75 Å².